The van der Waals surface area contributed by atoms with E-state index in [4.69, 9.17) is 32.7 Å². The number of hydrogen-bond donors (Lipinski definition) is 2. The van der Waals surface area contributed by atoms with Crippen LogP contribution in [0.5, 0.6) is 11.5 Å². The third kappa shape index (κ3) is 10.2. The van der Waals surface area contributed by atoms with Gasteiger partial charge in [0.2, 0.25) is 20.0 Å². The lowest BCUT2D eigenvalue weighted by atomic mass is 10.0. The zero-order chi connectivity index (χ0) is 33.1. The van der Waals surface area contributed by atoms with Gasteiger partial charge in [0.05, 0.1) is 36.1 Å². The average molecular weight is 711 g/mol. The molecule has 1 atom stereocenters. The van der Waals surface area contributed by atoms with Crippen LogP contribution in [0.15, 0.2) is 48.8 Å². The molecule has 45 heavy (non-hydrogen) atoms. The standard InChI is InChI=1S/C27H27Cl2F2N3O9S2/c1-44(37,38)32-21-7-5-17(9-22(21)33-45(2,39)40)26(35)42-24(11-18-19(28)12-34(36)13-20(18)29)16-6-8-23(43-27(30)31)25(10-16)41-14-15-3-4-15/h5-10,12-13,15,24,27,32-33H,3-4,11,14H2,1-2H3. The molecule has 1 aliphatic carbocycles. The summed E-state index contributed by atoms with van der Waals surface area (Å²) in [6.07, 6.45) is 4.22. The van der Waals surface area contributed by atoms with Crippen molar-refractivity contribution >= 4 is 60.6 Å². The van der Waals surface area contributed by atoms with Crippen LogP contribution in [0.4, 0.5) is 20.2 Å². The topological polar surface area (TPSA) is 164 Å². The molecule has 12 nitrogen and oxygen atoms in total. The fourth-order valence-electron chi connectivity index (χ4n) is 4.10. The normalized spacial score (nSPS) is 14.1. The number of anilines is 2. The van der Waals surface area contributed by atoms with E-state index in [2.05, 4.69) is 14.2 Å². The molecule has 2 aromatic carbocycles. The minimum absolute atomic E-state index is 0.0285. The highest BCUT2D eigenvalue weighted by Crippen LogP contribution is 2.38. The van der Waals surface area contributed by atoms with Gasteiger partial charge in [-0.1, -0.05) is 29.3 Å². The molecule has 1 aliphatic rings. The van der Waals surface area contributed by atoms with E-state index in [9.17, 15) is 35.6 Å². The van der Waals surface area contributed by atoms with Crippen LogP contribution in [0.1, 0.15) is 40.4 Å². The Morgan fingerprint density at radius 1 is 0.978 bits per heavy atom. The molecule has 3 aromatic rings. The van der Waals surface area contributed by atoms with Crippen LogP contribution in [0.25, 0.3) is 0 Å². The number of hydrogen-bond acceptors (Lipinski definition) is 9. The predicted octanol–water partition coefficient (Wildman–Crippen LogP) is 4.90. The number of carbonyl (C=O) groups excluding carboxylic acids is 1. The van der Waals surface area contributed by atoms with Crippen molar-refractivity contribution < 1.29 is 49.4 Å². The monoisotopic (exact) mass is 709 g/mol. The molecule has 0 radical (unpaired) electrons. The number of halogens is 4. The SMILES string of the molecule is CS(=O)(=O)Nc1ccc(C(=O)OC(Cc2c(Cl)c[n+]([O-])cc2Cl)c2ccc(OC(F)F)c(OCC3CC3)c2)cc1NS(C)(=O)=O. The van der Waals surface area contributed by atoms with Crippen molar-refractivity contribution in [3.8, 4) is 11.5 Å². The number of benzene rings is 2. The lowest BCUT2D eigenvalue weighted by molar-refractivity contribution is -0.605. The summed E-state index contributed by atoms with van der Waals surface area (Å²) in [4.78, 5) is 13.5. The van der Waals surface area contributed by atoms with Gasteiger partial charge in [0.15, 0.2) is 23.9 Å². The van der Waals surface area contributed by atoms with Gasteiger partial charge in [-0.2, -0.15) is 13.5 Å². The molecule has 1 aromatic heterocycles. The second-order valence-electron chi connectivity index (χ2n) is 10.2. The number of nitrogens with zero attached hydrogens (tertiary/aromatic N) is 1. The van der Waals surface area contributed by atoms with Crippen LogP contribution in [0.3, 0.4) is 0 Å². The number of sulfonamides is 2. The lowest BCUT2D eigenvalue weighted by Crippen LogP contribution is -2.25. The molecule has 1 unspecified atom stereocenters. The number of nitrogens with one attached hydrogen (secondary N) is 2. The Bertz CT molecular complexity index is 1790. The van der Waals surface area contributed by atoms with E-state index in [0.29, 0.717) is 4.73 Å². The number of alkyl halides is 2. The Morgan fingerprint density at radius 3 is 2.18 bits per heavy atom. The smallest absolute Gasteiger partial charge is 0.387 e. The van der Waals surface area contributed by atoms with Gasteiger partial charge in [-0.25, -0.2) is 21.6 Å². The van der Waals surface area contributed by atoms with Crippen molar-refractivity contribution in [2.24, 2.45) is 5.92 Å². The van der Waals surface area contributed by atoms with Gasteiger partial charge in [-0.15, -0.1) is 0 Å². The highest BCUT2D eigenvalue weighted by molar-refractivity contribution is 7.92. The van der Waals surface area contributed by atoms with Gasteiger partial charge in [-0.05, 0) is 54.7 Å². The Morgan fingerprint density at radius 2 is 1.60 bits per heavy atom. The second kappa shape index (κ2) is 13.8. The van der Waals surface area contributed by atoms with Crippen molar-refractivity contribution in [2.45, 2.75) is 32.0 Å². The molecule has 1 fully saturated rings. The Hall–Kier alpha value is -3.60. The minimum Gasteiger partial charge on any atom is -0.619 e. The van der Waals surface area contributed by atoms with Crippen LogP contribution < -0.4 is 23.6 Å². The second-order valence-corrected chi connectivity index (χ2v) is 14.5. The van der Waals surface area contributed by atoms with Crippen molar-refractivity contribution in [2.75, 3.05) is 28.6 Å². The first-order chi connectivity index (χ1) is 21.0. The first-order valence-electron chi connectivity index (χ1n) is 13.1. The van der Waals surface area contributed by atoms with Gasteiger partial charge in [-0.3, -0.25) is 9.44 Å². The highest BCUT2D eigenvalue weighted by Gasteiger charge is 2.27. The maximum absolute atomic E-state index is 13.5. The number of ether oxygens (including phenoxy) is 3. The van der Waals surface area contributed by atoms with E-state index in [-0.39, 0.29) is 68.6 Å². The molecule has 4 rings (SSSR count). The molecular weight excluding hydrogens is 683 g/mol. The number of aromatic nitrogens is 1. The van der Waals surface area contributed by atoms with Gasteiger partial charge >= 0.3 is 12.6 Å². The molecule has 0 bridgehead atoms. The van der Waals surface area contributed by atoms with E-state index in [1.54, 1.807) is 0 Å². The van der Waals surface area contributed by atoms with Crippen LogP contribution in [-0.4, -0.2) is 48.5 Å². The van der Waals surface area contributed by atoms with E-state index in [1.807, 2.05) is 0 Å². The van der Waals surface area contributed by atoms with E-state index in [1.165, 1.54) is 30.3 Å². The number of carbonyl (C=O) groups is 1. The summed E-state index contributed by atoms with van der Waals surface area (Å²) in [5.74, 6) is -0.998. The van der Waals surface area contributed by atoms with Crippen LogP contribution >= 0.6 is 23.2 Å². The highest BCUT2D eigenvalue weighted by atomic mass is 35.5. The molecule has 18 heteroatoms. The number of pyridine rings is 1. The molecule has 0 spiro atoms. The summed E-state index contributed by atoms with van der Waals surface area (Å²) in [7, 11) is -7.75. The summed E-state index contributed by atoms with van der Waals surface area (Å²) in [5.41, 5.74) is -0.116. The summed E-state index contributed by atoms with van der Waals surface area (Å²) < 4.78 is 94.6. The average Bonchev–Trinajstić information content (AvgIpc) is 3.73. The quantitative estimate of drug-likeness (QED) is 0.135. The Balaban J connectivity index is 1.74. The Labute approximate surface area is 267 Å². The van der Waals surface area contributed by atoms with E-state index in [0.717, 1.165) is 43.8 Å². The summed E-state index contributed by atoms with van der Waals surface area (Å²) in [6, 6.07) is 7.40. The number of esters is 1. The Kier molecular flexibility index (Phi) is 10.5. The van der Waals surface area contributed by atoms with Gasteiger partial charge in [0, 0.05) is 12.0 Å². The zero-order valence-corrected chi connectivity index (χ0v) is 26.8. The zero-order valence-electron chi connectivity index (χ0n) is 23.6. The van der Waals surface area contributed by atoms with Crippen molar-refractivity contribution in [3.63, 3.8) is 0 Å². The molecular formula is C27H27Cl2F2N3O9S2. The fourth-order valence-corrected chi connectivity index (χ4v) is 5.85. The largest absolute Gasteiger partial charge is 0.619 e. The molecule has 2 N–H and O–H groups in total. The van der Waals surface area contributed by atoms with Crippen LogP contribution in [0.2, 0.25) is 10.0 Å². The van der Waals surface area contributed by atoms with E-state index < -0.39 is 38.7 Å². The molecule has 0 saturated heterocycles. The maximum atomic E-state index is 13.5. The van der Waals surface area contributed by atoms with Crippen LogP contribution in [-0.2, 0) is 31.2 Å². The molecule has 0 aliphatic heterocycles. The third-order valence-corrected chi connectivity index (χ3v) is 8.10. The van der Waals surface area contributed by atoms with E-state index >= 15 is 0 Å². The predicted molar refractivity (Wildman–Crippen MR) is 162 cm³/mol. The van der Waals surface area contributed by atoms with Crippen LogP contribution in [0, 0.1) is 11.1 Å². The lowest BCUT2D eigenvalue weighted by Gasteiger charge is -2.22. The minimum atomic E-state index is -3.92. The molecule has 0 amide bonds. The van der Waals surface area contributed by atoms with Gasteiger partial charge < -0.3 is 19.4 Å². The molecule has 1 heterocycles. The summed E-state index contributed by atoms with van der Waals surface area (Å²) >= 11 is 12.6. The maximum Gasteiger partial charge on any atom is 0.387 e. The van der Waals surface area contributed by atoms with Crippen molar-refractivity contribution in [1.82, 2.24) is 0 Å². The third-order valence-electron chi connectivity index (χ3n) is 6.27. The molecule has 244 valence electrons. The van der Waals surface area contributed by atoms with Gasteiger partial charge in [0.25, 0.3) is 0 Å². The van der Waals surface area contributed by atoms with Crippen molar-refractivity contribution in [1.29, 1.82) is 0 Å². The number of rotatable bonds is 14. The fraction of sp³-hybridized carbons (Fsp3) is 0.333. The summed E-state index contributed by atoms with van der Waals surface area (Å²) in [5, 5.41) is 11.7. The van der Waals surface area contributed by atoms with Crippen molar-refractivity contribution in [3.05, 3.63) is 80.7 Å². The summed E-state index contributed by atoms with van der Waals surface area (Å²) in [6.45, 7) is -2.89. The molecule has 1 saturated carbocycles. The first kappa shape index (κ1) is 34.3. The van der Waals surface area contributed by atoms with Gasteiger partial charge in [0.1, 0.15) is 16.1 Å². The first-order valence-corrected chi connectivity index (χ1v) is 17.6.